The number of nitrogens with one attached hydrogen (secondary N) is 1. The van der Waals surface area contributed by atoms with E-state index in [4.69, 9.17) is 14.4 Å². The van der Waals surface area contributed by atoms with E-state index >= 15 is 0 Å². The van der Waals surface area contributed by atoms with Gasteiger partial charge in [-0.3, -0.25) is 14.4 Å². The minimum absolute atomic E-state index is 0.0645. The van der Waals surface area contributed by atoms with E-state index in [2.05, 4.69) is 15.5 Å². The number of nitrogens with zero attached hydrogens (tertiary/aromatic N) is 3. The van der Waals surface area contributed by atoms with Crippen molar-refractivity contribution in [3.8, 4) is 16.3 Å². The summed E-state index contributed by atoms with van der Waals surface area (Å²) in [7, 11) is 0. The molecule has 1 saturated heterocycles. The van der Waals surface area contributed by atoms with Crippen LogP contribution in [0.5, 0.6) is 5.88 Å². The van der Waals surface area contributed by atoms with Gasteiger partial charge >= 0.3 is 5.97 Å². The molecule has 1 aliphatic rings. The predicted molar refractivity (Wildman–Crippen MR) is 156 cm³/mol. The molecule has 1 aliphatic heterocycles. The van der Waals surface area contributed by atoms with Crippen molar-refractivity contribution >= 4 is 29.1 Å². The van der Waals surface area contributed by atoms with Crippen molar-refractivity contribution in [3.63, 3.8) is 0 Å². The molecule has 3 aromatic rings. The topological polar surface area (TPSA) is 155 Å². The number of aliphatic carboxylic acids is 1. The fourth-order valence-corrected chi connectivity index (χ4v) is 5.90. The molecular weight excluding hydrogens is 560 g/mol. The third kappa shape index (κ3) is 7.54. The lowest BCUT2D eigenvalue weighted by molar-refractivity contribution is -0.138. The first-order chi connectivity index (χ1) is 20.0. The number of rotatable bonds is 13. The zero-order valence-corrected chi connectivity index (χ0v) is 25.1. The first kappa shape index (κ1) is 31.2. The Morgan fingerprint density at radius 2 is 1.93 bits per heavy atom. The summed E-state index contributed by atoms with van der Waals surface area (Å²) in [6, 6.07) is 9.38. The highest BCUT2D eigenvalue weighted by Crippen LogP contribution is 2.33. The SMILES string of the molecule is Cc1ncsc1-c1ccc([C@H](C)C(=O)N[C@@H]2C[C@@H](O)CN2C(=O)[C@H](c2cc(OCCCCC(=O)O)no2)C(C)C)cc1. The van der Waals surface area contributed by atoms with E-state index in [9.17, 15) is 19.5 Å². The molecule has 1 aromatic carbocycles. The average molecular weight is 599 g/mol. The Labute approximate surface area is 248 Å². The number of hydrogen-bond acceptors (Lipinski definition) is 9. The summed E-state index contributed by atoms with van der Waals surface area (Å²) < 4.78 is 11.1. The number of hydrogen-bond donors (Lipinski definition) is 3. The summed E-state index contributed by atoms with van der Waals surface area (Å²) in [5, 5.41) is 26.1. The Kier molecular flexibility index (Phi) is 10.3. The van der Waals surface area contributed by atoms with Gasteiger partial charge in [-0.2, -0.15) is 0 Å². The van der Waals surface area contributed by atoms with Gasteiger partial charge in [0.15, 0.2) is 5.76 Å². The average Bonchev–Trinajstić information content (AvgIpc) is 3.68. The lowest BCUT2D eigenvalue weighted by atomic mass is 9.91. The van der Waals surface area contributed by atoms with Crippen LogP contribution < -0.4 is 10.1 Å². The zero-order chi connectivity index (χ0) is 30.4. The van der Waals surface area contributed by atoms with Crippen LogP contribution in [0.3, 0.4) is 0 Å². The molecule has 4 atom stereocenters. The molecule has 226 valence electrons. The van der Waals surface area contributed by atoms with Crippen molar-refractivity contribution in [2.24, 2.45) is 5.92 Å². The van der Waals surface area contributed by atoms with Gasteiger partial charge in [-0.1, -0.05) is 38.1 Å². The van der Waals surface area contributed by atoms with Crippen LogP contribution in [-0.4, -0.2) is 68.5 Å². The molecule has 0 unspecified atom stereocenters. The molecule has 3 heterocycles. The summed E-state index contributed by atoms with van der Waals surface area (Å²) >= 11 is 1.57. The lowest BCUT2D eigenvalue weighted by Crippen LogP contribution is -2.50. The number of carbonyl (C=O) groups is 3. The number of carboxylic acid groups (broad SMARTS) is 1. The van der Waals surface area contributed by atoms with Crippen LogP contribution in [0.4, 0.5) is 0 Å². The van der Waals surface area contributed by atoms with Gasteiger partial charge in [0, 0.05) is 25.5 Å². The Hall–Kier alpha value is -3.77. The molecule has 4 rings (SSSR count). The Morgan fingerprint density at radius 3 is 2.57 bits per heavy atom. The van der Waals surface area contributed by atoms with Crippen LogP contribution in [0, 0.1) is 12.8 Å². The lowest BCUT2D eigenvalue weighted by Gasteiger charge is -2.30. The highest BCUT2D eigenvalue weighted by Gasteiger charge is 2.41. The number of thiazole rings is 1. The highest BCUT2D eigenvalue weighted by molar-refractivity contribution is 7.13. The number of ether oxygens (including phenoxy) is 1. The molecular formula is C30H38N4O7S. The number of unbranched alkanes of at least 4 members (excludes halogenated alkanes) is 1. The molecule has 12 heteroatoms. The van der Waals surface area contributed by atoms with Crippen molar-refractivity contribution in [3.05, 3.63) is 52.9 Å². The normalized spacial score (nSPS) is 18.2. The number of β-amino-alcohol motifs (C(OH)–C–C–N with tert-alkyl or cyclic N) is 1. The molecule has 11 nitrogen and oxygen atoms in total. The van der Waals surface area contributed by atoms with Gasteiger partial charge in [0.2, 0.25) is 11.8 Å². The van der Waals surface area contributed by atoms with E-state index in [0.29, 0.717) is 18.6 Å². The third-order valence-corrected chi connectivity index (χ3v) is 8.44. The number of amides is 2. The second kappa shape index (κ2) is 13.9. The van der Waals surface area contributed by atoms with Crippen molar-refractivity contribution in [2.75, 3.05) is 13.2 Å². The fraction of sp³-hybridized carbons (Fsp3) is 0.500. The summed E-state index contributed by atoms with van der Waals surface area (Å²) in [5.74, 6) is -2.18. The third-order valence-electron chi connectivity index (χ3n) is 7.46. The maximum atomic E-state index is 13.8. The standard InChI is InChI=1S/C30H38N4O7S/c1-17(2)27(23-14-25(33-41-23)40-12-6-5-7-26(36)37)30(39)34-15-22(35)13-24(34)32-29(38)18(3)20-8-10-21(11-9-20)28-19(4)31-16-42-28/h8-11,14,16-18,22,24,27,35H,5-7,12-13,15H2,1-4H3,(H,32,38)(H,36,37)/t18-,22+,24-,27-/m0/s1. The number of aliphatic hydroxyl groups excluding tert-OH is 1. The van der Waals surface area contributed by atoms with Gasteiger partial charge in [0.25, 0.3) is 5.88 Å². The minimum atomic E-state index is -0.857. The van der Waals surface area contributed by atoms with Gasteiger partial charge in [0.05, 0.1) is 34.7 Å². The molecule has 0 bridgehead atoms. The van der Waals surface area contributed by atoms with E-state index in [1.807, 2.05) is 57.5 Å². The Bertz CT molecular complexity index is 1370. The smallest absolute Gasteiger partial charge is 0.303 e. The van der Waals surface area contributed by atoms with E-state index < -0.39 is 30.1 Å². The molecule has 0 saturated carbocycles. The van der Waals surface area contributed by atoms with Gasteiger partial charge in [-0.25, -0.2) is 4.98 Å². The Morgan fingerprint density at radius 1 is 1.19 bits per heavy atom. The second-order valence-electron chi connectivity index (χ2n) is 11.0. The zero-order valence-electron chi connectivity index (χ0n) is 24.3. The minimum Gasteiger partial charge on any atom is -0.481 e. The van der Waals surface area contributed by atoms with Crippen LogP contribution in [0.1, 0.15) is 75.3 Å². The summed E-state index contributed by atoms with van der Waals surface area (Å²) in [6.45, 7) is 7.91. The molecule has 42 heavy (non-hydrogen) atoms. The number of likely N-dealkylation sites (tertiary alicyclic amines) is 1. The number of aliphatic hydroxyl groups is 1. The van der Waals surface area contributed by atoms with Crippen molar-refractivity contribution in [1.82, 2.24) is 20.4 Å². The summed E-state index contributed by atoms with van der Waals surface area (Å²) in [6.07, 6.45) is -0.134. The molecule has 3 N–H and O–H groups in total. The molecule has 0 radical (unpaired) electrons. The maximum Gasteiger partial charge on any atom is 0.303 e. The van der Waals surface area contributed by atoms with E-state index in [-0.39, 0.29) is 49.6 Å². The Balaban J connectivity index is 1.40. The predicted octanol–water partition coefficient (Wildman–Crippen LogP) is 4.32. The van der Waals surface area contributed by atoms with Crippen LogP contribution in [0.2, 0.25) is 0 Å². The number of benzene rings is 1. The van der Waals surface area contributed by atoms with E-state index in [0.717, 1.165) is 21.7 Å². The summed E-state index contributed by atoms with van der Waals surface area (Å²) in [4.78, 5) is 44.6. The number of aromatic nitrogens is 2. The van der Waals surface area contributed by atoms with Crippen LogP contribution in [0.15, 0.2) is 40.4 Å². The van der Waals surface area contributed by atoms with Gasteiger partial charge in [0.1, 0.15) is 12.1 Å². The molecule has 0 aliphatic carbocycles. The van der Waals surface area contributed by atoms with Crippen LogP contribution >= 0.6 is 11.3 Å². The molecule has 2 aromatic heterocycles. The van der Waals surface area contributed by atoms with Gasteiger partial charge < -0.3 is 29.7 Å². The number of carboxylic acids is 1. The highest BCUT2D eigenvalue weighted by atomic mass is 32.1. The first-order valence-electron chi connectivity index (χ1n) is 14.2. The second-order valence-corrected chi connectivity index (χ2v) is 11.9. The fourth-order valence-electron chi connectivity index (χ4n) is 5.09. The van der Waals surface area contributed by atoms with Crippen molar-refractivity contribution in [2.45, 2.75) is 77.5 Å². The largest absolute Gasteiger partial charge is 0.481 e. The van der Waals surface area contributed by atoms with Crippen LogP contribution in [0.25, 0.3) is 10.4 Å². The summed E-state index contributed by atoms with van der Waals surface area (Å²) in [5.41, 5.74) is 4.65. The molecule has 1 fully saturated rings. The number of carbonyl (C=O) groups excluding carboxylic acids is 2. The molecule has 0 spiro atoms. The quantitative estimate of drug-likeness (QED) is 0.244. The molecule has 2 amide bonds. The van der Waals surface area contributed by atoms with Crippen molar-refractivity contribution < 1.29 is 33.9 Å². The number of aryl methyl sites for hydroxylation is 1. The maximum absolute atomic E-state index is 13.8. The van der Waals surface area contributed by atoms with Gasteiger partial charge in [-0.15, -0.1) is 11.3 Å². The monoisotopic (exact) mass is 598 g/mol. The van der Waals surface area contributed by atoms with Crippen molar-refractivity contribution in [1.29, 1.82) is 0 Å². The van der Waals surface area contributed by atoms with Crippen LogP contribution in [-0.2, 0) is 14.4 Å². The van der Waals surface area contributed by atoms with E-state index in [1.54, 1.807) is 17.4 Å². The van der Waals surface area contributed by atoms with E-state index in [1.165, 1.54) is 4.90 Å². The first-order valence-corrected chi connectivity index (χ1v) is 15.0. The van der Waals surface area contributed by atoms with Gasteiger partial charge in [-0.05, 0) is 48.9 Å².